The molecule has 2 rings (SSSR count). The van der Waals surface area contributed by atoms with Gasteiger partial charge in [-0.25, -0.2) is 0 Å². The molecule has 0 heterocycles. The van der Waals surface area contributed by atoms with E-state index in [1.807, 2.05) is 60.4 Å². The molecule has 0 saturated heterocycles. The number of benzene rings is 2. The van der Waals surface area contributed by atoms with E-state index >= 15 is 0 Å². The normalized spacial score (nSPS) is 11.0. The van der Waals surface area contributed by atoms with Crippen LogP contribution in [-0.4, -0.2) is 36.5 Å². The lowest BCUT2D eigenvalue weighted by atomic mass is 10.2. The third-order valence-corrected chi connectivity index (χ3v) is 3.24. The minimum atomic E-state index is 0.0504. The fourth-order valence-electron chi connectivity index (χ4n) is 2.15. The van der Waals surface area contributed by atoms with E-state index in [1.54, 1.807) is 0 Å². The predicted octanol–water partition coefficient (Wildman–Crippen LogP) is 3.20. The molecule has 0 aromatic heterocycles. The minimum absolute atomic E-state index is 0.0504. The van der Waals surface area contributed by atoms with Crippen molar-refractivity contribution in [2.24, 2.45) is 10.2 Å². The Balaban J connectivity index is 2.08. The summed E-state index contributed by atoms with van der Waals surface area (Å²) in [5.41, 5.74) is 3.68. The molecule has 22 heavy (non-hydrogen) atoms. The van der Waals surface area contributed by atoms with Crippen LogP contribution < -0.4 is 4.90 Å². The molecule has 0 aliphatic carbocycles. The van der Waals surface area contributed by atoms with E-state index in [-0.39, 0.29) is 13.2 Å². The Labute approximate surface area is 130 Å². The SMILES string of the molecule is Cc1cccc(N=Nc2ccc(N(CCO)CCO)cc2)c1. The molecule has 0 unspecified atom stereocenters. The molecule has 0 bridgehead atoms. The zero-order valence-corrected chi connectivity index (χ0v) is 12.7. The molecular formula is C17H21N3O2. The van der Waals surface area contributed by atoms with Gasteiger partial charge in [0.1, 0.15) is 0 Å². The van der Waals surface area contributed by atoms with Gasteiger partial charge >= 0.3 is 0 Å². The summed E-state index contributed by atoms with van der Waals surface area (Å²) in [5.74, 6) is 0. The molecule has 0 aliphatic rings. The van der Waals surface area contributed by atoms with Gasteiger partial charge in [-0.2, -0.15) is 10.2 Å². The van der Waals surface area contributed by atoms with Gasteiger partial charge in [-0.15, -0.1) is 0 Å². The summed E-state index contributed by atoms with van der Waals surface area (Å²) >= 11 is 0. The van der Waals surface area contributed by atoms with Gasteiger partial charge in [-0.1, -0.05) is 12.1 Å². The van der Waals surface area contributed by atoms with Gasteiger partial charge in [0.25, 0.3) is 0 Å². The lowest BCUT2D eigenvalue weighted by molar-refractivity contribution is 0.281. The van der Waals surface area contributed by atoms with Crippen LogP contribution in [0, 0.1) is 6.92 Å². The fraction of sp³-hybridized carbons (Fsp3) is 0.294. The van der Waals surface area contributed by atoms with E-state index in [9.17, 15) is 0 Å². The second-order valence-electron chi connectivity index (χ2n) is 4.99. The maximum Gasteiger partial charge on any atom is 0.0859 e. The van der Waals surface area contributed by atoms with Gasteiger partial charge in [-0.05, 0) is 48.9 Å². The van der Waals surface area contributed by atoms with Crippen LogP contribution in [0.3, 0.4) is 0 Å². The maximum absolute atomic E-state index is 9.06. The second kappa shape index (κ2) is 8.26. The molecule has 2 aromatic rings. The van der Waals surface area contributed by atoms with Crippen molar-refractivity contribution in [1.29, 1.82) is 0 Å². The predicted molar refractivity (Wildman–Crippen MR) is 88.2 cm³/mol. The van der Waals surface area contributed by atoms with E-state index < -0.39 is 0 Å². The summed E-state index contributed by atoms with van der Waals surface area (Å²) in [6.07, 6.45) is 0. The highest BCUT2D eigenvalue weighted by molar-refractivity contribution is 5.53. The summed E-state index contributed by atoms with van der Waals surface area (Å²) in [6, 6.07) is 15.4. The summed E-state index contributed by atoms with van der Waals surface area (Å²) in [6.45, 7) is 3.10. The lowest BCUT2D eigenvalue weighted by Gasteiger charge is -2.22. The Hall–Kier alpha value is -2.24. The van der Waals surface area contributed by atoms with Crippen molar-refractivity contribution in [3.63, 3.8) is 0 Å². The largest absolute Gasteiger partial charge is 0.395 e. The van der Waals surface area contributed by atoms with Crippen LogP contribution in [0.5, 0.6) is 0 Å². The van der Waals surface area contributed by atoms with Gasteiger partial charge in [0.15, 0.2) is 0 Å². The van der Waals surface area contributed by atoms with E-state index in [1.165, 1.54) is 0 Å². The van der Waals surface area contributed by atoms with Crippen LogP contribution in [-0.2, 0) is 0 Å². The maximum atomic E-state index is 9.06. The molecule has 0 amide bonds. The molecule has 5 heteroatoms. The van der Waals surface area contributed by atoms with E-state index in [2.05, 4.69) is 10.2 Å². The number of rotatable bonds is 7. The van der Waals surface area contributed by atoms with Crippen LogP contribution >= 0.6 is 0 Å². The number of aliphatic hydroxyl groups excluding tert-OH is 2. The van der Waals surface area contributed by atoms with Crippen molar-refractivity contribution < 1.29 is 10.2 Å². The number of hydrogen-bond donors (Lipinski definition) is 2. The molecule has 0 atom stereocenters. The van der Waals surface area contributed by atoms with Gasteiger partial charge in [0, 0.05) is 18.8 Å². The summed E-state index contributed by atoms with van der Waals surface area (Å²) < 4.78 is 0. The Bertz CT molecular complexity index is 606. The molecule has 2 aromatic carbocycles. The third-order valence-electron chi connectivity index (χ3n) is 3.24. The van der Waals surface area contributed by atoms with Crippen LogP contribution in [0.2, 0.25) is 0 Å². The number of anilines is 1. The Morgan fingerprint density at radius 2 is 1.50 bits per heavy atom. The highest BCUT2D eigenvalue weighted by Crippen LogP contribution is 2.22. The van der Waals surface area contributed by atoms with Crippen LogP contribution in [0.4, 0.5) is 17.1 Å². The molecule has 0 saturated carbocycles. The van der Waals surface area contributed by atoms with E-state index in [0.717, 1.165) is 22.6 Å². The average Bonchev–Trinajstić information content (AvgIpc) is 2.53. The number of aliphatic hydroxyl groups is 2. The number of nitrogens with zero attached hydrogens (tertiary/aromatic N) is 3. The van der Waals surface area contributed by atoms with Gasteiger partial charge < -0.3 is 15.1 Å². The molecule has 5 nitrogen and oxygen atoms in total. The van der Waals surface area contributed by atoms with Crippen molar-refractivity contribution >= 4 is 17.1 Å². The van der Waals surface area contributed by atoms with Gasteiger partial charge in [-0.3, -0.25) is 0 Å². The first-order chi connectivity index (χ1) is 10.7. The van der Waals surface area contributed by atoms with E-state index in [0.29, 0.717) is 13.1 Å². The first-order valence-electron chi connectivity index (χ1n) is 7.28. The van der Waals surface area contributed by atoms with Crippen molar-refractivity contribution in [2.45, 2.75) is 6.92 Å². The van der Waals surface area contributed by atoms with E-state index in [4.69, 9.17) is 10.2 Å². The molecule has 0 spiro atoms. The highest BCUT2D eigenvalue weighted by Gasteiger charge is 2.04. The highest BCUT2D eigenvalue weighted by atomic mass is 16.3. The first-order valence-corrected chi connectivity index (χ1v) is 7.28. The van der Waals surface area contributed by atoms with Crippen molar-refractivity contribution in [2.75, 3.05) is 31.2 Å². The summed E-state index contributed by atoms with van der Waals surface area (Å²) in [7, 11) is 0. The fourth-order valence-corrected chi connectivity index (χ4v) is 2.15. The van der Waals surface area contributed by atoms with Crippen molar-refractivity contribution in [1.82, 2.24) is 0 Å². The van der Waals surface area contributed by atoms with Crippen LogP contribution in [0.25, 0.3) is 0 Å². The average molecular weight is 299 g/mol. The number of hydrogen-bond acceptors (Lipinski definition) is 5. The molecule has 0 aliphatic heterocycles. The number of aryl methyl sites for hydroxylation is 1. The van der Waals surface area contributed by atoms with Crippen LogP contribution in [0.15, 0.2) is 58.8 Å². The lowest BCUT2D eigenvalue weighted by Crippen LogP contribution is -2.29. The number of azo groups is 1. The van der Waals surface area contributed by atoms with Crippen molar-refractivity contribution in [3.8, 4) is 0 Å². The second-order valence-corrected chi connectivity index (χ2v) is 4.99. The summed E-state index contributed by atoms with van der Waals surface area (Å²) in [5, 5.41) is 26.5. The quantitative estimate of drug-likeness (QED) is 0.771. The van der Waals surface area contributed by atoms with Gasteiger partial charge in [0.2, 0.25) is 0 Å². The Kier molecular flexibility index (Phi) is 6.06. The smallest absolute Gasteiger partial charge is 0.0859 e. The van der Waals surface area contributed by atoms with Crippen molar-refractivity contribution in [3.05, 3.63) is 54.1 Å². The Morgan fingerprint density at radius 1 is 0.864 bits per heavy atom. The molecule has 116 valence electrons. The molecule has 2 N–H and O–H groups in total. The Morgan fingerprint density at radius 3 is 2.09 bits per heavy atom. The summed E-state index contributed by atoms with van der Waals surface area (Å²) in [4.78, 5) is 1.92. The van der Waals surface area contributed by atoms with Gasteiger partial charge in [0.05, 0.1) is 24.6 Å². The topological polar surface area (TPSA) is 68.4 Å². The molecular weight excluding hydrogens is 278 g/mol. The molecule has 0 radical (unpaired) electrons. The molecule has 0 fully saturated rings. The zero-order chi connectivity index (χ0) is 15.8. The third kappa shape index (κ3) is 4.65. The standard InChI is InChI=1S/C17H21N3O2/c1-14-3-2-4-16(13-14)19-18-15-5-7-17(8-6-15)20(9-11-21)10-12-22/h2-8,13,21-22H,9-12H2,1H3. The van der Waals surface area contributed by atoms with Crippen LogP contribution in [0.1, 0.15) is 5.56 Å². The minimum Gasteiger partial charge on any atom is -0.395 e. The monoisotopic (exact) mass is 299 g/mol. The first kappa shape index (κ1) is 16.1. The zero-order valence-electron chi connectivity index (χ0n) is 12.7.